The van der Waals surface area contributed by atoms with Crippen LogP contribution in [0.3, 0.4) is 0 Å². The van der Waals surface area contributed by atoms with Crippen LogP contribution < -0.4 is 19.1 Å². The first kappa shape index (κ1) is 20.1. The Morgan fingerprint density at radius 3 is 2.29 bits per heavy atom. The van der Waals surface area contributed by atoms with E-state index in [9.17, 15) is 13.2 Å². The summed E-state index contributed by atoms with van der Waals surface area (Å²) >= 11 is 0. The highest BCUT2D eigenvalue weighted by molar-refractivity contribution is 7.92. The van der Waals surface area contributed by atoms with Crippen molar-refractivity contribution in [3.8, 4) is 11.5 Å². The Labute approximate surface area is 144 Å². The molecule has 0 aliphatic carbocycles. The number of rotatable bonds is 8. The molecule has 0 saturated carbocycles. The number of ether oxygens (including phenoxy) is 2. The van der Waals surface area contributed by atoms with Gasteiger partial charge in [-0.05, 0) is 25.0 Å². The summed E-state index contributed by atoms with van der Waals surface area (Å²) in [4.78, 5) is 12.2. The molecule has 1 N–H and O–H groups in total. The van der Waals surface area contributed by atoms with E-state index >= 15 is 0 Å². The quantitative estimate of drug-likeness (QED) is 0.763. The van der Waals surface area contributed by atoms with Gasteiger partial charge in [0.1, 0.15) is 18.0 Å². The average molecular weight is 358 g/mol. The standard InChI is InChI=1S/C16H26N2O5S/c1-11(2)12(3)17-16(19)10-18(24(6,20)21)14-8-7-13(22-4)9-15(14)23-5/h7-9,11-12H,10H2,1-6H3,(H,17,19)/t12-/m0/s1. The molecule has 8 heteroatoms. The molecule has 0 heterocycles. The van der Waals surface area contributed by atoms with Crippen molar-refractivity contribution in [2.45, 2.75) is 26.8 Å². The van der Waals surface area contributed by atoms with Gasteiger partial charge < -0.3 is 14.8 Å². The number of hydrogen-bond acceptors (Lipinski definition) is 5. The van der Waals surface area contributed by atoms with Crippen LogP contribution in [0.2, 0.25) is 0 Å². The van der Waals surface area contributed by atoms with Crippen LogP contribution in [0.15, 0.2) is 18.2 Å². The van der Waals surface area contributed by atoms with Gasteiger partial charge in [-0.2, -0.15) is 0 Å². The van der Waals surface area contributed by atoms with Crippen LogP contribution in [-0.4, -0.2) is 47.4 Å². The zero-order valence-electron chi connectivity index (χ0n) is 15.0. The molecule has 0 fully saturated rings. The Hall–Kier alpha value is -1.96. The summed E-state index contributed by atoms with van der Waals surface area (Å²) in [5.74, 6) is 0.710. The number of nitrogens with one attached hydrogen (secondary N) is 1. The Kier molecular flexibility index (Phi) is 6.89. The predicted molar refractivity (Wildman–Crippen MR) is 94.2 cm³/mol. The van der Waals surface area contributed by atoms with Gasteiger partial charge in [0.15, 0.2) is 0 Å². The molecular weight excluding hydrogens is 332 g/mol. The minimum atomic E-state index is -3.67. The van der Waals surface area contributed by atoms with E-state index in [2.05, 4.69) is 5.32 Å². The first-order valence-corrected chi connectivity index (χ1v) is 9.44. The van der Waals surface area contributed by atoms with E-state index in [0.717, 1.165) is 10.6 Å². The number of nitrogens with zero attached hydrogens (tertiary/aromatic N) is 1. The molecular formula is C16H26N2O5S. The minimum Gasteiger partial charge on any atom is -0.497 e. The molecule has 7 nitrogen and oxygen atoms in total. The molecule has 1 atom stereocenters. The van der Waals surface area contributed by atoms with Gasteiger partial charge in [0, 0.05) is 12.1 Å². The highest BCUT2D eigenvalue weighted by Crippen LogP contribution is 2.33. The smallest absolute Gasteiger partial charge is 0.240 e. The lowest BCUT2D eigenvalue weighted by atomic mass is 10.1. The van der Waals surface area contributed by atoms with Gasteiger partial charge in [0.25, 0.3) is 0 Å². The number of methoxy groups -OCH3 is 2. The summed E-state index contributed by atoms with van der Waals surface area (Å²) in [6, 6.07) is 4.68. The minimum absolute atomic E-state index is 0.0586. The van der Waals surface area contributed by atoms with E-state index in [-0.39, 0.29) is 30.1 Å². The van der Waals surface area contributed by atoms with E-state index in [4.69, 9.17) is 9.47 Å². The predicted octanol–water partition coefficient (Wildman–Crippen LogP) is 1.63. The van der Waals surface area contributed by atoms with Gasteiger partial charge in [-0.3, -0.25) is 9.10 Å². The molecule has 0 aliphatic rings. The second-order valence-corrected chi connectivity index (χ2v) is 7.81. The Bertz CT molecular complexity index is 673. The Morgan fingerprint density at radius 1 is 1.21 bits per heavy atom. The molecule has 0 aromatic heterocycles. The fraction of sp³-hybridized carbons (Fsp3) is 0.562. The fourth-order valence-corrected chi connectivity index (χ4v) is 2.83. The fourth-order valence-electron chi connectivity index (χ4n) is 1.97. The summed E-state index contributed by atoms with van der Waals surface area (Å²) in [6.45, 7) is 5.51. The van der Waals surface area contributed by atoms with E-state index in [1.54, 1.807) is 18.2 Å². The number of carbonyl (C=O) groups excluding carboxylic acids is 1. The monoisotopic (exact) mass is 358 g/mol. The average Bonchev–Trinajstić information content (AvgIpc) is 2.50. The van der Waals surface area contributed by atoms with E-state index in [1.165, 1.54) is 14.2 Å². The Morgan fingerprint density at radius 2 is 1.83 bits per heavy atom. The number of benzene rings is 1. The lowest BCUT2D eigenvalue weighted by molar-refractivity contribution is -0.120. The second kappa shape index (κ2) is 8.23. The first-order chi connectivity index (χ1) is 11.1. The van der Waals surface area contributed by atoms with Crippen molar-refractivity contribution >= 4 is 21.6 Å². The molecule has 0 unspecified atom stereocenters. The lowest BCUT2D eigenvalue weighted by Crippen LogP contribution is -2.44. The summed E-state index contributed by atoms with van der Waals surface area (Å²) in [6.07, 6.45) is 1.05. The molecule has 0 bridgehead atoms. The lowest BCUT2D eigenvalue weighted by Gasteiger charge is -2.25. The van der Waals surface area contributed by atoms with E-state index < -0.39 is 10.0 Å². The molecule has 0 aliphatic heterocycles. The maximum Gasteiger partial charge on any atom is 0.240 e. The van der Waals surface area contributed by atoms with Crippen molar-refractivity contribution in [3.63, 3.8) is 0 Å². The normalized spacial score (nSPS) is 12.6. The molecule has 24 heavy (non-hydrogen) atoms. The maximum atomic E-state index is 12.2. The number of hydrogen-bond donors (Lipinski definition) is 1. The van der Waals surface area contributed by atoms with Gasteiger partial charge in [0.2, 0.25) is 15.9 Å². The summed E-state index contributed by atoms with van der Waals surface area (Å²) in [5, 5.41) is 2.80. The third-order valence-electron chi connectivity index (χ3n) is 3.73. The summed E-state index contributed by atoms with van der Waals surface area (Å²) < 4.78 is 35.7. The van der Waals surface area contributed by atoms with Crippen molar-refractivity contribution in [3.05, 3.63) is 18.2 Å². The van der Waals surface area contributed by atoms with Crippen LogP contribution >= 0.6 is 0 Å². The third-order valence-corrected chi connectivity index (χ3v) is 4.86. The molecule has 0 radical (unpaired) electrons. The van der Waals surface area contributed by atoms with Gasteiger partial charge in [-0.1, -0.05) is 13.8 Å². The molecule has 1 aromatic carbocycles. The second-order valence-electron chi connectivity index (χ2n) is 5.91. The van der Waals surface area contributed by atoms with E-state index in [1.807, 2.05) is 20.8 Å². The SMILES string of the molecule is COc1ccc(N(CC(=O)N[C@@H](C)C(C)C)S(C)(=O)=O)c(OC)c1. The number of anilines is 1. The van der Waals surface area contributed by atoms with Crippen LogP contribution in [0.25, 0.3) is 0 Å². The van der Waals surface area contributed by atoms with E-state index in [0.29, 0.717) is 11.5 Å². The maximum absolute atomic E-state index is 12.2. The summed E-state index contributed by atoms with van der Waals surface area (Å²) in [7, 11) is -0.736. The van der Waals surface area contributed by atoms with Crippen molar-refractivity contribution in [1.82, 2.24) is 5.32 Å². The molecule has 136 valence electrons. The van der Waals surface area contributed by atoms with Gasteiger partial charge in [-0.15, -0.1) is 0 Å². The number of carbonyl (C=O) groups is 1. The third kappa shape index (κ3) is 5.30. The number of sulfonamides is 1. The van der Waals surface area contributed by atoms with Crippen molar-refractivity contribution in [1.29, 1.82) is 0 Å². The zero-order chi connectivity index (χ0) is 18.5. The zero-order valence-corrected chi connectivity index (χ0v) is 15.8. The largest absolute Gasteiger partial charge is 0.497 e. The highest BCUT2D eigenvalue weighted by atomic mass is 32.2. The first-order valence-electron chi connectivity index (χ1n) is 7.59. The topological polar surface area (TPSA) is 84.9 Å². The molecule has 0 saturated heterocycles. The van der Waals surface area contributed by atoms with Crippen molar-refractivity contribution in [2.75, 3.05) is 31.3 Å². The van der Waals surface area contributed by atoms with Gasteiger partial charge >= 0.3 is 0 Å². The van der Waals surface area contributed by atoms with Crippen molar-refractivity contribution in [2.24, 2.45) is 5.92 Å². The molecule has 0 spiro atoms. The molecule has 1 amide bonds. The van der Waals surface area contributed by atoms with Crippen molar-refractivity contribution < 1.29 is 22.7 Å². The Balaban J connectivity index is 3.14. The summed E-state index contributed by atoms with van der Waals surface area (Å²) in [5.41, 5.74) is 0.285. The molecule has 1 aromatic rings. The molecule has 1 rings (SSSR count). The van der Waals surface area contributed by atoms with Crippen LogP contribution in [0.5, 0.6) is 11.5 Å². The van der Waals surface area contributed by atoms with Crippen LogP contribution in [0.1, 0.15) is 20.8 Å². The highest BCUT2D eigenvalue weighted by Gasteiger charge is 2.25. The van der Waals surface area contributed by atoms with Gasteiger partial charge in [-0.25, -0.2) is 8.42 Å². The van der Waals surface area contributed by atoms with Gasteiger partial charge in [0.05, 0.1) is 26.2 Å². The number of amides is 1. The van der Waals surface area contributed by atoms with Crippen LogP contribution in [-0.2, 0) is 14.8 Å². The van der Waals surface area contributed by atoms with Crippen LogP contribution in [0, 0.1) is 5.92 Å². The van der Waals surface area contributed by atoms with Crippen LogP contribution in [0.4, 0.5) is 5.69 Å².